The molecule has 1 aromatic heterocycles. The Balaban J connectivity index is 1.69. The van der Waals surface area contributed by atoms with E-state index in [1.807, 2.05) is 12.1 Å². The van der Waals surface area contributed by atoms with E-state index in [0.717, 1.165) is 24.3 Å². The van der Waals surface area contributed by atoms with E-state index in [2.05, 4.69) is 34.3 Å². The highest BCUT2D eigenvalue weighted by Gasteiger charge is 2.13. The maximum Gasteiger partial charge on any atom is 0.322 e. The topological polar surface area (TPSA) is 71.3 Å². The minimum atomic E-state index is -0.303. The van der Waals surface area contributed by atoms with Gasteiger partial charge in [-0.05, 0) is 62.4 Å². The van der Waals surface area contributed by atoms with Gasteiger partial charge in [0.15, 0.2) is 0 Å². The van der Waals surface area contributed by atoms with E-state index in [0.29, 0.717) is 16.5 Å². The van der Waals surface area contributed by atoms with E-state index in [-0.39, 0.29) is 11.9 Å². The number of nitrogens with zero attached hydrogens (tertiary/aromatic N) is 3. The molecule has 0 aliphatic rings. The van der Waals surface area contributed by atoms with E-state index in [9.17, 15) is 4.79 Å². The summed E-state index contributed by atoms with van der Waals surface area (Å²) in [6, 6.07) is 14.5. The zero-order valence-electron chi connectivity index (χ0n) is 14.6. The van der Waals surface area contributed by atoms with Crippen LogP contribution in [-0.2, 0) is 0 Å². The van der Waals surface area contributed by atoms with Crippen LogP contribution < -0.4 is 10.2 Å². The Morgan fingerprint density at radius 3 is 2.31 bits per heavy atom. The van der Waals surface area contributed by atoms with Crippen molar-refractivity contribution in [1.29, 1.82) is 0 Å². The summed E-state index contributed by atoms with van der Waals surface area (Å²) in [5.74, 6) is 0.0104. The van der Waals surface area contributed by atoms with Crippen LogP contribution in [0.15, 0.2) is 52.9 Å². The molecular weight excluding hydrogens is 352 g/mol. The third-order valence-corrected chi connectivity index (χ3v) is 4.25. The number of benzene rings is 2. The van der Waals surface area contributed by atoms with Crippen LogP contribution in [0.2, 0.25) is 5.02 Å². The lowest BCUT2D eigenvalue weighted by molar-refractivity contribution is 0.102. The van der Waals surface area contributed by atoms with Gasteiger partial charge in [0.1, 0.15) is 0 Å². The monoisotopic (exact) mass is 370 g/mol. The number of anilines is 2. The van der Waals surface area contributed by atoms with Crippen molar-refractivity contribution in [2.24, 2.45) is 0 Å². The second-order valence-corrected chi connectivity index (χ2v) is 6.03. The molecule has 1 N–H and O–H groups in total. The van der Waals surface area contributed by atoms with Gasteiger partial charge in [-0.2, -0.15) is 0 Å². The SMILES string of the molecule is CCN(CC)c1ccc(C(=O)Nc2nnc(-c3ccc(Cl)cc3)o2)cc1. The highest BCUT2D eigenvalue weighted by atomic mass is 35.5. The zero-order chi connectivity index (χ0) is 18.5. The Bertz CT molecular complexity index is 871. The predicted molar refractivity (Wildman–Crippen MR) is 103 cm³/mol. The Morgan fingerprint density at radius 1 is 1.04 bits per heavy atom. The molecule has 0 saturated carbocycles. The standard InChI is InChI=1S/C19H19ClN4O2/c1-3-24(4-2)16-11-7-13(8-12-16)17(25)21-19-23-22-18(26-19)14-5-9-15(20)10-6-14/h5-12H,3-4H2,1-2H3,(H,21,23,25). The molecule has 2 aromatic carbocycles. The normalized spacial score (nSPS) is 10.6. The zero-order valence-corrected chi connectivity index (χ0v) is 15.3. The first-order valence-electron chi connectivity index (χ1n) is 8.36. The van der Waals surface area contributed by atoms with Gasteiger partial charge in [0.2, 0.25) is 5.89 Å². The van der Waals surface area contributed by atoms with Gasteiger partial charge in [-0.1, -0.05) is 16.7 Å². The van der Waals surface area contributed by atoms with Gasteiger partial charge < -0.3 is 9.32 Å². The lowest BCUT2D eigenvalue weighted by atomic mass is 10.2. The minimum absolute atomic E-state index is 0.0489. The molecule has 3 rings (SSSR count). The minimum Gasteiger partial charge on any atom is -0.403 e. The van der Waals surface area contributed by atoms with Gasteiger partial charge in [-0.3, -0.25) is 10.1 Å². The van der Waals surface area contributed by atoms with Crippen molar-refractivity contribution in [3.8, 4) is 11.5 Å². The first-order chi connectivity index (χ1) is 12.6. The third kappa shape index (κ3) is 4.03. The van der Waals surface area contributed by atoms with Crippen LogP contribution in [-0.4, -0.2) is 29.2 Å². The van der Waals surface area contributed by atoms with E-state index < -0.39 is 0 Å². The molecule has 0 fully saturated rings. The molecule has 26 heavy (non-hydrogen) atoms. The average molecular weight is 371 g/mol. The van der Waals surface area contributed by atoms with Gasteiger partial charge in [0.25, 0.3) is 5.91 Å². The lowest BCUT2D eigenvalue weighted by Gasteiger charge is -2.20. The molecule has 0 bridgehead atoms. The van der Waals surface area contributed by atoms with Crippen molar-refractivity contribution >= 4 is 29.2 Å². The summed E-state index contributed by atoms with van der Waals surface area (Å²) in [6.07, 6.45) is 0. The molecule has 0 aliphatic carbocycles. The van der Waals surface area contributed by atoms with Gasteiger partial charge in [0, 0.05) is 34.9 Å². The number of hydrogen-bond acceptors (Lipinski definition) is 5. The number of carbonyl (C=O) groups is 1. The van der Waals surface area contributed by atoms with Gasteiger partial charge in [-0.25, -0.2) is 0 Å². The number of halogens is 1. The largest absolute Gasteiger partial charge is 0.403 e. The second-order valence-electron chi connectivity index (χ2n) is 5.59. The lowest BCUT2D eigenvalue weighted by Crippen LogP contribution is -2.21. The van der Waals surface area contributed by atoms with Crippen LogP contribution in [0.25, 0.3) is 11.5 Å². The smallest absolute Gasteiger partial charge is 0.322 e. The van der Waals surface area contributed by atoms with E-state index in [1.54, 1.807) is 36.4 Å². The number of carbonyl (C=O) groups excluding carboxylic acids is 1. The first-order valence-corrected chi connectivity index (χ1v) is 8.74. The molecular formula is C19H19ClN4O2. The van der Waals surface area contributed by atoms with Crippen LogP contribution in [0.5, 0.6) is 0 Å². The maximum absolute atomic E-state index is 12.4. The van der Waals surface area contributed by atoms with Crippen LogP contribution in [0, 0.1) is 0 Å². The summed E-state index contributed by atoms with van der Waals surface area (Å²) < 4.78 is 5.49. The van der Waals surface area contributed by atoms with Gasteiger partial charge >= 0.3 is 6.01 Å². The summed E-state index contributed by atoms with van der Waals surface area (Å²) in [5, 5.41) is 11.0. The molecule has 0 saturated heterocycles. The number of nitrogens with one attached hydrogen (secondary N) is 1. The number of aromatic nitrogens is 2. The summed E-state index contributed by atoms with van der Waals surface area (Å²) in [6.45, 7) is 6.02. The Labute approximate surface area is 156 Å². The molecule has 6 nitrogen and oxygen atoms in total. The molecule has 1 heterocycles. The van der Waals surface area contributed by atoms with Crippen molar-refractivity contribution in [2.45, 2.75) is 13.8 Å². The second kappa shape index (κ2) is 8.01. The predicted octanol–water partition coefficient (Wildman–Crippen LogP) is 4.49. The van der Waals surface area contributed by atoms with E-state index >= 15 is 0 Å². The highest BCUT2D eigenvalue weighted by Crippen LogP contribution is 2.22. The number of amides is 1. The van der Waals surface area contributed by atoms with Crippen LogP contribution >= 0.6 is 11.6 Å². The van der Waals surface area contributed by atoms with Crippen molar-refractivity contribution in [1.82, 2.24) is 10.2 Å². The van der Waals surface area contributed by atoms with Crippen molar-refractivity contribution in [3.63, 3.8) is 0 Å². The van der Waals surface area contributed by atoms with Crippen molar-refractivity contribution in [2.75, 3.05) is 23.3 Å². The molecule has 0 spiro atoms. The van der Waals surface area contributed by atoms with E-state index in [4.69, 9.17) is 16.0 Å². The molecule has 1 amide bonds. The molecule has 3 aromatic rings. The molecule has 0 unspecified atom stereocenters. The Hall–Kier alpha value is -2.86. The Morgan fingerprint density at radius 2 is 1.69 bits per heavy atom. The molecule has 134 valence electrons. The third-order valence-electron chi connectivity index (χ3n) is 3.99. The Kier molecular flexibility index (Phi) is 5.53. The molecule has 0 radical (unpaired) electrons. The van der Waals surface area contributed by atoms with Crippen LogP contribution in [0.3, 0.4) is 0 Å². The summed E-state index contributed by atoms with van der Waals surface area (Å²) in [4.78, 5) is 14.6. The fraction of sp³-hybridized carbons (Fsp3) is 0.211. The number of rotatable bonds is 6. The fourth-order valence-electron chi connectivity index (χ4n) is 2.56. The van der Waals surface area contributed by atoms with Crippen LogP contribution in [0.1, 0.15) is 24.2 Å². The first kappa shape index (κ1) is 17.9. The number of hydrogen-bond donors (Lipinski definition) is 1. The van der Waals surface area contributed by atoms with E-state index in [1.165, 1.54) is 0 Å². The summed E-state index contributed by atoms with van der Waals surface area (Å²) >= 11 is 5.86. The fourth-order valence-corrected chi connectivity index (χ4v) is 2.69. The maximum atomic E-state index is 12.4. The summed E-state index contributed by atoms with van der Waals surface area (Å²) in [7, 11) is 0. The molecule has 0 atom stereocenters. The highest BCUT2D eigenvalue weighted by molar-refractivity contribution is 6.30. The van der Waals surface area contributed by atoms with Crippen LogP contribution in [0.4, 0.5) is 11.7 Å². The quantitative estimate of drug-likeness (QED) is 0.692. The van der Waals surface area contributed by atoms with Crippen molar-refractivity contribution in [3.05, 3.63) is 59.1 Å². The molecule has 7 heteroatoms. The van der Waals surface area contributed by atoms with Gasteiger partial charge in [-0.15, -0.1) is 5.10 Å². The van der Waals surface area contributed by atoms with Gasteiger partial charge in [0.05, 0.1) is 0 Å². The summed E-state index contributed by atoms with van der Waals surface area (Å²) in [5.41, 5.74) is 2.33. The average Bonchev–Trinajstić information content (AvgIpc) is 3.12. The van der Waals surface area contributed by atoms with Crippen molar-refractivity contribution < 1.29 is 9.21 Å². The molecule has 0 aliphatic heterocycles.